The lowest BCUT2D eigenvalue weighted by atomic mass is 9.88. The monoisotopic (exact) mass is 318 g/mol. The minimum absolute atomic E-state index is 0.0548. The van der Waals surface area contributed by atoms with Gasteiger partial charge in [0.15, 0.2) is 0 Å². The number of imidazole rings is 1. The van der Waals surface area contributed by atoms with E-state index in [1.807, 2.05) is 63.2 Å². The third kappa shape index (κ3) is 2.22. The number of hydrogen-bond acceptors (Lipinski definition) is 3. The molecule has 0 atom stereocenters. The Morgan fingerprint density at radius 1 is 1.00 bits per heavy atom. The fourth-order valence-corrected chi connectivity index (χ4v) is 2.96. The quantitative estimate of drug-likeness (QED) is 0.556. The van der Waals surface area contributed by atoms with E-state index >= 15 is 0 Å². The Hall–Kier alpha value is -2.88. The molecule has 0 saturated heterocycles. The fourth-order valence-electron chi connectivity index (χ4n) is 2.96. The number of nitrogens with zero attached hydrogens (tertiary/aromatic N) is 1. The van der Waals surface area contributed by atoms with E-state index in [-0.39, 0.29) is 10.8 Å². The van der Waals surface area contributed by atoms with E-state index in [4.69, 9.17) is 4.42 Å². The van der Waals surface area contributed by atoms with Crippen molar-refractivity contribution in [3.05, 3.63) is 64.5 Å². The number of aromatic amines is 1. The minimum Gasteiger partial charge on any atom is -0.459 e. The number of fused-ring (bicyclic) bond motifs is 2. The van der Waals surface area contributed by atoms with Crippen LogP contribution in [0, 0.1) is 0 Å². The maximum atomic E-state index is 13.2. The number of aromatic nitrogens is 2. The molecule has 4 rings (SSSR count). The lowest BCUT2D eigenvalue weighted by molar-refractivity contribution is 0.423. The molecule has 0 radical (unpaired) electrons. The van der Waals surface area contributed by atoms with E-state index < -0.39 is 0 Å². The third-order valence-corrected chi connectivity index (χ3v) is 4.11. The van der Waals surface area contributed by atoms with Gasteiger partial charge in [0.05, 0.1) is 16.4 Å². The van der Waals surface area contributed by atoms with Gasteiger partial charge in [-0.15, -0.1) is 0 Å². The summed E-state index contributed by atoms with van der Waals surface area (Å²) in [7, 11) is 0. The summed E-state index contributed by atoms with van der Waals surface area (Å²) in [5.74, 6) is 1.20. The van der Waals surface area contributed by atoms with E-state index in [0.717, 1.165) is 11.0 Å². The highest BCUT2D eigenvalue weighted by atomic mass is 16.3. The predicted molar refractivity (Wildman–Crippen MR) is 96.3 cm³/mol. The SMILES string of the molecule is CC(C)(C)c1oc2ccccc2c(=O)c1-c1nc2ccccc2[nH]1. The number of hydrogen-bond donors (Lipinski definition) is 1. The van der Waals surface area contributed by atoms with Crippen molar-refractivity contribution < 1.29 is 4.42 Å². The normalized spacial score (nSPS) is 12.1. The van der Waals surface area contributed by atoms with Gasteiger partial charge in [-0.2, -0.15) is 0 Å². The van der Waals surface area contributed by atoms with E-state index in [0.29, 0.717) is 28.1 Å². The van der Waals surface area contributed by atoms with Gasteiger partial charge >= 0.3 is 0 Å². The van der Waals surface area contributed by atoms with Crippen molar-refractivity contribution >= 4 is 22.0 Å². The Morgan fingerprint density at radius 2 is 1.71 bits per heavy atom. The van der Waals surface area contributed by atoms with Crippen LogP contribution in [-0.4, -0.2) is 9.97 Å². The molecule has 0 saturated carbocycles. The molecular weight excluding hydrogens is 300 g/mol. The molecule has 2 aromatic heterocycles. The molecule has 24 heavy (non-hydrogen) atoms. The molecule has 2 aromatic carbocycles. The van der Waals surface area contributed by atoms with E-state index in [1.54, 1.807) is 6.07 Å². The van der Waals surface area contributed by atoms with E-state index in [2.05, 4.69) is 9.97 Å². The topological polar surface area (TPSA) is 58.9 Å². The average Bonchev–Trinajstić information content (AvgIpc) is 2.97. The van der Waals surface area contributed by atoms with Crippen LogP contribution >= 0.6 is 0 Å². The van der Waals surface area contributed by atoms with Gasteiger partial charge in [0.25, 0.3) is 0 Å². The van der Waals surface area contributed by atoms with Gasteiger partial charge in [-0.1, -0.05) is 45.0 Å². The maximum absolute atomic E-state index is 13.2. The van der Waals surface area contributed by atoms with Crippen LogP contribution < -0.4 is 5.43 Å². The Labute approximate surface area is 139 Å². The van der Waals surface area contributed by atoms with Crippen molar-refractivity contribution in [3.8, 4) is 11.4 Å². The van der Waals surface area contributed by atoms with Crippen molar-refractivity contribution in [1.29, 1.82) is 0 Å². The lowest BCUT2D eigenvalue weighted by Gasteiger charge is -2.20. The highest BCUT2D eigenvalue weighted by Gasteiger charge is 2.27. The molecule has 1 N–H and O–H groups in total. The number of nitrogens with one attached hydrogen (secondary N) is 1. The zero-order chi connectivity index (χ0) is 16.9. The fraction of sp³-hybridized carbons (Fsp3) is 0.200. The summed E-state index contributed by atoms with van der Waals surface area (Å²) in [6.45, 7) is 6.10. The van der Waals surface area contributed by atoms with Crippen LogP contribution in [-0.2, 0) is 5.41 Å². The number of benzene rings is 2. The summed E-state index contributed by atoms with van der Waals surface area (Å²) in [5.41, 5.74) is 2.47. The minimum atomic E-state index is -0.322. The van der Waals surface area contributed by atoms with Crippen LogP contribution in [0.3, 0.4) is 0 Å². The van der Waals surface area contributed by atoms with Gasteiger partial charge < -0.3 is 9.40 Å². The highest BCUT2D eigenvalue weighted by molar-refractivity contribution is 5.84. The smallest absolute Gasteiger partial charge is 0.203 e. The second-order valence-electron chi connectivity index (χ2n) is 6.98. The number of para-hydroxylation sites is 3. The molecule has 2 heterocycles. The average molecular weight is 318 g/mol. The lowest BCUT2D eigenvalue weighted by Crippen LogP contribution is -2.19. The summed E-state index contributed by atoms with van der Waals surface area (Å²) < 4.78 is 6.13. The van der Waals surface area contributed by atoms with Crippen molar-refractivity contribution in [2.24, 2.45) is 0 Å². The van der Waals surface area contributed by atoms with Gasteiger partial charge in [-0.25, -0.2) is 4.98 Å². The summed E-state index contributed by atoms with van der Waals surface area (Å²) in [6, 6.07) is 15.1. The van der Waals surface area contributed by atoms with Crippen molar-refractivity contribution in [1.82, 2.24) is 9.97 Å². The van der Waals surface area contributed by atoms with Gasteiger partial charge in [0.1, 0.15) is 22.7 Å². The van der Waals surface area contributed by atoms with E-state index in [1.165, 1.54) is 0 Å². The zero-order valence-electron chi connectivity index (χ0n) is 13.9. The molecular formula is C20H18N2O2. The molecule has 4 nitrogen and oxygen atoms in total. The van der Waals surface area contributed by atoms with Crippen molar-refractivity contribution in [2.75, 3.05) is 0 Å². The molecule has 0 fully saturated rings. The highest BCUT2D eigenvalue weighted by Crippen LogP contribution is 2.32. The molecule has 0 unspecified atom stereocenters. The van der Waals surface area contributed by atoms with Crippen LogP contribution in [0.5, 0.6) is 0 Å². The van der Waals surface area contributed by atoms with Gasteiger partial charge in [0.2, 0.25) is 5.43 Å². The van der Waals surface area contributed by atoms with E-state index in [9.17, 15) is 4.79 Å². The summed E-state index contributed by atoms with van der Waals surface area (Å²) >= 11 is 0. The molecule has 0 aliphatic rings. The Morgan fingerprint density at radius 3 is 2.46 bits per heavy atom. The van der Waals surface area contributed by atoms with Crippen LogP contribution in [0.25, 0.3) is 33.4 Å². The van der Waals surface area contributed by atoms with Crippen LogP contribution in [0.2, 0.25) is 0 Å². The molecule has 0 bridgehead atoms. The summed E-state index contributed by atoms with van der Waals surface area (Å²) in [4.78, 5) is 21.0. The second-order valence-corrected chi connectivity index (χ2v) is 6.98. The maximum Gasteiger partial charge on any atom is 0.203 e. The Kier molecular flexibility index (Phi) is 3.10. The summed E-state index contributed by atoms with van der Waals surface area (Å²) in [5, 5.41) is 0.570. The largest absolute Gasteiger partial charge is 0.459 e. The molecule has 0 spiro atoms. The van der Waals surface area contributed by atoms with Gasteiger partial charge in [-0.05, 0) is 24.3 Å². The number of H-pyrrole nitrogens is 1. The standard InChI is InChI=1S/C20H18N2O2/c1-20(2,3)18-16(17(23)12-8-4-7-11-15(12)24-18)19-21-13-9-5-6-10-14(13)22-19/h4-11H,1-3H3,(H,21,22). The first kappa shape index (κ1) is 14.7. The summed E-state index contributed by atoms with van der Waals surface area (Å²) in [6.07, 6.45) is 0. The molecule has 0 aliphatic heterocycles. The first-order valence-electron chi connectivity index (χ1n) is 7.96. The Balaban J connectivity index is 2.13. The van der Waals surface area contributed by atoms with Crippen LogP contribution in [0.15, 0.2) is 57.7 Å². The van der Waals surface area contributed by atoms with Gasteiger partial charge in [0, 0.05) is 5.41 Å². The second kappa shape index (κ2) is 5.06. The first-order valence-corrected chi connectivity index (χ1v) is 7.96. The Bertz CT molecular complexity index is 1080. The predicted octanol–water partition coefficient (Wildman–Crippen LogP) is 4.63. The van der Waals surface area contributed by atoms with Crippen molar-refractivity contribution in [2.45, 2.75) is 26.2 Å². The number of rotatable bonds is 1. The zero-order valence-corrected chi connectivity index (χ0v) is 13.9. The van der Waals surface area contributed by atoms with Crippen molar-refractivity contribution in [3.63, 3.8) is 0 Å². The molecule has 0 aliphatic carbocycles. The molecule has 4 aromatic rings. The van der Waals surface area contributed by atoms with Gasteiger partial charge in [-0.3, -0.25) is 4.79 Å². The van der Waals surface area contributed by atoms with Crippen LogP contribution in [0.4, 0.5) is 0 Å². The molecule has 4 heteroatoms. The molecule has 120 valence electrons. The van der Waals surface area contributed by atoms with Crippen LogP contribution in [0.1, 0.15) is 26.5 Å². The third-order valence-electron chi connectivity index (χ3n) is 4.11. The first-order chi connectivity index (χ1) is 11.4. The molecule has 0 amide bonds.